The minimum Gasteiger partial charge on any atom is -0.497 e. The molecule has 0 heterocycles. The maximum absolute atomic E-state index is 5.69. The van der Waals surface area contributed by atoms with Gasteiger partial charge in [0.05, 0.1) is 13.7 Å². The normalized spacial score (nSPS) is 11.5. The minimum atomic E-state index is -0.943. The molecule has 1 aromatic carbocycles. The number of ether oxygens (including phenoxy) is 1. The average molecular weight is 252 g/mol. The first-order chi connectivity index (χ1) is 7.51. The molecule has 0 bridgehead atoms. The van der Waals surface area contributed by atoms with Crippen molar-refractivity contribution in [2.75, 3.05) is 7.11 Å². The largest absolute Gasteiger partial charge is 0.497 e. The summed E-state index contributed by atoms with van der Waals surface area (Å²) in [6.45, 7) is 7.83. The van der Waals surface area contributed by atoms with E-state index in [-0.39, 0.29) is 0 Å². The number of benzene rings is 1. The first-order valence-corrected chi connectivity index (χ1v) is 10.3. The van der Waals surface area contributed by atoms with E-state index in [0.29, 0.717) is 16.4 Å². The molecule has 0 unspecified atom stereocenters. The van der Waals surface area contributed by atoms with E-state index in [0.717, 1.165) is 5.75 Å². The summed E-state index contributed by atoms with van der Waals surface area (Å²) in [4.78, 5) is 0. The van der Waals surface area contributed by atoms with Crippen LogP contribution in [0.15, 0.2) is 24.3 Å². The predicted octanol–water partition coefficient (Wildman–Crippen LogP) is 3.13. The molecule has 2 radical (unpaired) electrons. The molecule has 0 spiro atoms. The van der Waals surface area contributed by atoms with Crippen molar-refractivity contribution in [3.8, 4) is 5.75 Å². The minimum absolute atomic E-state index is 0.637. The Morgan fingerprint density at radius 1 is 1.12 bits per heavy atom. The van der Waals surface area contributed by atoms with Crippen molar-refractivity contribution in [3.63, 3.8) is 0 Å². The highest BCUT2D eigenvalue weighted by atomic mass is 28.4. The van der Waals surface area contributed by atoms with Gasteiger partial charge in [-0.05, 0) is 23.4 Å². The van der Waals surface area contributed by atoms with E-state index < -0.39 is 8.07 Å². The Hall–Kier alpha value is -0.586. The Morgan fingerprint density at radius 2 is 1.75 bits per heavy atom. The zero-order chi connectivity index (χ0) is 12.0. The lowest BCUT2D eigenvalue weighted by molar-refractivity contribution is 0.325. The molecule has 0 aromatic heterocycles. The van der Waals surface area contributed by atoms with Crippen LogP contribution in [0.2, 0.25) is 25.3 Å². The van der Waals surface area contributed by atoms with Crippen LogP contribution in [0.5, 0.6) is 5.75 Å². The zero-order valence-corrected chi connectivity index (χ0v) is 12.5. The fraction of sp³-hybridized carbons (Fsp3) is 0.500. The third kappa shape index (κ3) is 5.48. The van der Waals surface area contributed by atoms with Crippen LogP contribution in [-0.2, 0) is 11.0 Å². The molecule has 0 atom stereocenters. The van der Waals surface area contributed by atoms with Gasteiger partial charge >= 0.3 is 0 Å². The van der Waals surface area contributed by atoms with Crippen molar-refractivity contribution in [1.29, 1.82) is 0 Å². The van der Waals surface area contributed by atoms with Gasteiger partial charge in [-0.25, -0.2) is 0 Å². The highest BCUT2D eigenvalue weighted by Gasteiger charge is 2.13. The van der Waals surface area contributed by atoms with Gasteiger partial charge in [-0.2, -0.15) is 0 Å². The van der Waals surface area contributed by atoms with Gasteiger partial charge in [0.15, 0.2) is 0 Å². The molecule has 0 saturated carbocycles. The van der Waals surface area contributed by atoms with E-state index in [2.05, 4.69) is 31.8 Å². The molecule has 1 aromatic rings. The van der Waals surface area contributed by atoms with E-state index in [9.17, 15) is 0 Å². The monoisotopic (exact) mass is 252 g/mol. The van der Waals surface area contributed by atoms with Crippen LogP contribution in [-0.4, -0.2) is 24.9 Å². The third-order valence-corrected chi connectivity index (χ3v) is 7.27. The average Bonchev–Trinajstić information content (AvgIpc) is 2.24. The summed E-state index contributed by atoms with van der Waals surface area (Å²) in [5.74, 6) is 0.897. The molecule has 2 nitrogen and oxygen atoms in total. The molecule has 0 N–H and O–H groups in total. The molecule has 0 aliphatic carbocycles. The quantitative estimate of drug-likeness (QED) is 0.572. The smallest absolute Gasteiger partial charge is 0.227 e. The summed E-state index contributed by atoms with van der Waals surface area (Å²) in [5.41, 5.74) is 2.47. The molecule has 1 rings (SSSR count). The SMILES string of the molecule is COc1ccc(CO[Si]C[Si](C)(C)C)cc1. The van der Waals surface area contributed by atoms with Crippen molar-refractivity contribution in [2.45, 2.75) is 31.9 Å². The molecule has 0 fully saturated rings. The molecule has 0 saturated heterocycles. The van der Waals surface area contributed by atoms with Gasteiger partial charge in [0.25, 0.3) is 0 Å². The second-order valence-electron chi connectivity index (χ2n) is 5.02. The van der Waals surface area contributed by atoms with Gasteiger partial charge in [0.1, 0.15) is 5.75 Å². The van der Waals surface area contributed by atoms with Crippen molar-refractivity contribution < 1.29 is 9.16 Å². The molecule has 16 heavy (non-hydrogen) atoms. The van der Waals surface area contributed by atoms with Gasteiger partial charge in [-0.3, -0.25) is 0 Å². The van der Waals surface area contributed by atoms with Crippen molar-refractivity contribution in [1.82, 2.24) is 0 Å². The standard InChI is InChI=1S/C12H20O2Si2/c1-13-12-7-5-11(6-8-12)9-14-15-10-16(2,3)4/h5-8H,9-10H2,1-4H3. The van der Waals surface area contributed by atoms with Crippen molar-refractivity contribution in [3.05, 3.63) is 29.8 Å². The molecular formula is C12H20O2Si2. The molecule has 0 amide bonds. The summed E-state index contributed by atoms with van der Waals surface area (Å²) in [6.07, 6.45) is 0. The Kier molecular flexibility index (Phi) is 5.24. The van der Waals surface area contributed by atoms with E-state index in [1.165, 1.54) is 11.2 Å². The maximum Gasteiger partial charge on any atom is 0.227 e. The van der Waals surface area contributed by atoms with Crippen LogP contribution in [0.3, 0.4) is 0 Å². The second-order valence-corrected chi connectivity index (χ2v) is 12.1. The Balaban J connectivity index is 2.27. The zero-order valence-electron chi connectivity index (χ0n) is 10.5. The molecule has 4 heteroatoms. The highest BCUT2D eigenvalue weighted by molar-refractivity contribution is 6.82. The lowest BCUT2D eigenvalue weighted by atomic mass is 10.2. The summed E-state index contributed by atoms with van der Waals surface area (Å²) in [6, 6.07) is 8.05. The number of hydrogen-bond donors (Lipinski definition) is 0. The van der Waals surface area contributed by atoms with Crippen LogP contribution in [0.4, 0.5) is 0 Å². The fourth-order valence-electron chi connectivity index (χ4n) is 1.12. The molecular weight excluding hydrogens is 232 g/mol. The second kappa shape index (κ2) is 6.22. The van der Waals surface area contributed by atoms with Gasteiger partial charge in [0, 0.05) is 8.07 Å². The molecule has 88 valence electrons. The van der Waals surface area contributed by atoms with E-state index in [1.54, 1.807) is 7.11 Å². The van der Waals surface area contributed by atoms with Crippen LogP contribution >= 0.6 is 0 Å². The summed E-state index contributed by atoms with van der Waals surface area (Å²) in [7, 11) is 1.38. The third-order valence-electron chi connectivity index (χ3n) is 2.10. The van der Waals surface area contributed by atoms with Crippen LogP contribution in [0.25, 0.3) is 0 Å². The van der Waals surface area contributed by atoms with Gasteiger partial charge < -0.3 is 9.16 Å². The summed E-state index contributed by atoms with van der Waals surface area (Å²) >= 11 is 0. The highest BCUT2D eigenvalue weighted by Crippen LogP contribution is 2.12. The van der Waals surface area contributed by atoms with E-state index in [4.69, 9.17) is 9.16 Å². The summed E-state index contributed by atoms with van der Waals surface area (Å²) < 4.78 is 10.8. The molecule has 0 aliphatic heterocycles. The molecule has 0 aliphatic rings. The predicted molar refractivity (Wildman–Crippen MR) is 71.7 cm³/mol. The summed E-state index contributed by atoms with van der Waals surface area (Å²) in [5, 5.41) is 0. The number of methoxy groups -OCH3 is 1. The first-order valence-electron chi connectivity index (χ1n) is 5.49. The van der Waals surface area contributed by atoms with Crippen LogP contribution < -0.4 is 4.74 Å². The van der Waals surface area contributed by atoms with Crippen molar-refractivity contribution >= 4 is 17.8 Å². The lowest BCUT2D eigenvalue weighted by Gasteiger charge is -2.14. The van der Waals surface area contributed by atoms with Gasteiger partial charge in [0.2, 0.25) is 9.76 Å². The Bertz CT molecular complexity index is 304. The number of hydrogen-bond acceptors (Lipinski definition) is 2. The fourth-order valence-corrected chi connectivity index (χ4v) is 3.53. The Labute approximate surface area is 102 Å². The van der Waals surface area contributed by atoms with Gasteiger partial charge in [-0.15, -0.1) is 0 Å². The van der Waals surface area contributed by atoms with Crippen molar-refractivity contribution in [2.24, 2.45) is 0 Å². The van der Waals surface area contributed by atoms with Gasteiger partial charge in [-0.1, -0.05) is 31.8 Å². The van der Waals surface area contributed by atoms with Crippen LogP contribution in [0.1, 0.15) is 5.56 Å². The number of rotatable bonds is 6. The van der Waals surface area contributed by atoms with Crippen LogP contribution in [0, 0.1) is 0 Å². The topological polar surface area (TPSA) is 18.5 Å². The Morgan fingerprint density at radius 3 is 2.25 bits per heavy atom. The van der Waals surface area contributed by atoms with E-state index >= 15 is 0 Å². The first kappa shape index (κ1) is 13.5. The van der Waals surface area contributed by atoms with E-state index in [1.807, 2.05) is 12.1 Å². The maximum atomic E-state index is 5.69. The lowest BCUT2D eigenvalue weighted by Crippen LogP contribution is -2.23.